The van der Waals surface area contributed by atoms with Crippen LogP contribution in [0, 0.1) is 0 Å². The van der Waals surface area contributed by atoms with Crippen LogP contribution in [0.3, 0.4) is 0 Å². The van der Waals surface area contributed by atoms with Gasteiger partial charge in [0.2, 0.25) is 5.91 Å². The number of thiazole rings is 1. The van der Waals surface area contributed by atoms with Crippen molar-refractivity contribution in [2.24, 2.45) is 0 Å². The molecule has 24 heavy (non-hydrogen) atoms. The van der Waals surface area contributed by atoms with E-state index in [1.165, 1.54) is 11.1 Å². The Kier molecular flexibility index (Phi) is 4.08. The molecule has 1 aliphatic heterocycles. The molecule has 0 spiro atoms. The van der Waals surface area contributed by atoms with Gasteiger partial charge in [-0.3, -0.25) is 14.1 Å². The van der Waals surface area contributed by atoms with Crippen molar-refractivity contribution in [3.05, 3.63) is 58.9 Å². The number of carbonyl (C=O) groups is 1. The molecule has 6 heteroatoms. The monoisotopic (exact) mass is 340 g/mol. The molecule has 1 amide bonds. The van der Waals surface area contributed by atoms with Crippen LogP contribution in [-0.2, 0) is 17.8 Å². The second kappa shape index (κ2) is 6.37. The first-order valence-corrected chi connectivity index (χ1v) is 9.07. The predicted molar refractivity (Wildman–Crippen MR) is 95.0 cm³/mol. The quantitative estimate of drug-likeness (QED) is 0.794. The van der Waals surface area contributed by atoms with E-state index in [1.54, 1.807) is 11.3 Å². The maximum absolute atomic E-state index is 12.4. The van der Waals surface area contributed by atoms with Crippen molar-refractivity contribution in [2.75, 3.05) is 13.1 Å². The second-order valence-electron chi connectivity index (χ2n) is 6.28. The first-order chi connectivity index (χ1) is 11.7. The van der Waals surface area contributed by atoms with Crippen LogP contribution >= 0.6 is 11.3 Å². The van der Waals surface area contributed by atoms with Gasteiger partial charge >= 0.3 is 0 Å². The number of benzene rings is 1. The number of nitrogens with one attached hydrogen (secondary N) is 1. The minimum Gasteiger partial charge on any atom is -0.347 e. The lowest BCUT2D eigenvalue weighted by Crippen LogP contribution is -2.40. The Morgan fingerprint density at radius 2 is 2.21 bits per heavy atom. The zero-order valence-electron chi connectivity index (χ0n) is 13.6. The van der Waals surface area contributed by atoms with Crippen LogP contribution in [0.1, 0.15) is 29.8 Å². The molecule has 1 aliphatic rings. The molecular formula is C18H20N4OS. The summed E-state index contributed by atoms with van der Waals surface area (Å²) in [4.78, 5) is 20.1. The minimum absolute atomic E-state index is 0.0539. The zero-order chi connectivity index (χ0) is 16.5. The summed E-state index contributed by atoms with van der Waals surface area (Å²) in [6.07, 6.45) is 4.97. The molecule has 4 rings (SSSR count). The second-order valence-corrected chi connectivity index (χ2v) is 7.15. The largest absolute Gasteiger partial charge is 0.347 e. The van der Waals surface area contributed by atoms with E-state index in [-0.39, 0.29) is 11.9 Å². The lowest BCUT2D eigenvalue weighted by Gasteiger charge is -2.28. The molecule has 0 unspecified atom stereocenters. The van der Waals surface area contributed by atoms with E-state index in [9.17, 15) is 4.79 Å². The molecule has 1 N–H and O–H groups in total. The van der Waals surface area contributed by atoms with E-state index >= 15 is 0 Å². The number of rotatable bonds is 4. The fraction of sp³-hybridized carbons (Fsp3) is 0.333. The summed E-state index contributed by atoms with van der Waals surface area (Å²) in [5.74, 6) is 0.0539. The standard InChI is InChI=1S/C18H20N4OS/c1-13(16-11-22-8-9-24-18(22)20-16)19-17(23)12-21-7-6-14-4-2-3-5-15(14)10-21/h2-5,8-9,11,13H,6-7,10,12H2,1H3,(H,19,23)/t13-/m1/s1. The molecule has 5 nitrogen and oxygen atoms in total. The van der Waals surface area contributed by atoms with Crippen molar-refractivity contribution in [3.8, 4) is 0 Å². The SMILES string of the molecule is C[C@@H](NC(=O)CN1CCc2ccccc2C1)c1cn2ccsc2n1. The van der Waals surface area contributed by atoms with Gasteiger partial charge in [-0.15, -0.1) is 11.3 Å². The molecule has 3 aromatic rings. The normalized spacial score (nSPS) is 16.0. The number of hydrogen-bond acceptors (Lipinski definition) is 4. The Labute approximate surface area is 144 Å². The molecule has 0 aliphatic carbocycles. The zero-order valence-corrected chi connectivity index (χ0v) is 14.4. The molecule has 0 radical (unpaired) electrons. The van der Waals surface area contributed by atoms with E-state index in [0.717, 1.165) is 30.2 Å². The summed E-state index contributed by atoms with van der Waals surface area (Å²) < 4.78 is 1.99. The van der Waals surface area contributed by atoms with Crippen LogP contribution in [0.25, 0.3) is 4.96 Å². The molecule has 0 fully saturated rings. The summed E-state index contributed by atoms with van der Waals surface area (Å²) >= 11 is 1.60. The van der Waals surface area contributed by atoms with Crippen LogP contribution in [0.15, 0.2) is 42.0 Å². The van der Waals surface area contributed by atoms with Crippen molar-refractivity contribution in [3.63, 3.8) is 0 Å². The number of carbonyl (C=O) groups excluding carboxylic acids is 1. The van der Waals surface area contributed by atoms with Crippen LogP contribution in [-0.4, -0.2) is 33.3 Å². The van der Waals surface area contributed by atoms with Gasteiger partial charge < -0.3 is 5.32 Å². The predicted octanol–water partition coefficient (Wildman–Crippen LogP) is 2.63. The van der Waals surface area contributed by atoms with Crippen molar-refractivity contribution in [2.45, 2.75) is 25.9 Å². The van der Waals surface area contributed by atoms with Gasteiger partial charge in [-0.25, -0.2) is 4.98 Å². The number of aromatic nitrogens is 2. The summed E-state index contributed by atoms with van der Waals surface area (Å²) in [6, 6.07) is 8.40. The third-order valence-corrected chi connectivity index (χ3v) is 5.28. The third kappa shape index (κ3) is 3.07. The van der Waals surface area contributed by atoms with Crippen molar-refractivity contribution in [1.82, 2.24) is 19.6 Å². The van der Waals surface area contributed by atoms with Gasteiger partial charge in [-0.2, -0.15) is 0 Å². The summed E-state index contributed by atoms with van der Waals surface area (Å²) in [5.41, 5.74) is 3.64. The molecule has 0 saturated carbocycles. The van der Waals surface area contributed by atoms with Gasteiger partial charge in [-0.1, -0.05) is 24.3 Å². The van der Waals surface area contributed by atoms with Gasteiger partial charge in [-0.05, 0) is 24.5 Å². The summed E-state index contributed by atoms with van der Waals surface area (Å²) in [5, 5.41) is 5.07. The number of imidazole rings is 1. The average molecular weight is 340 g/mol. The van der Waals surface area contributed by atoms with Gasteiger partial charge in [0.25, 0.3) is 0 Å². The van der Waals surface area contributed by atoms with Crippen molar-refractivity contribution in [1.29, 1.82) is 0 Å². The van der Waals surface area contributed by atoms with E-state index < -0.39 is 0 Å². The first kappa shape index (κ1) is 15.4. The number of nitrogens with zero attached hydrogens (tertiary/aromatic N) is 3. The van der Waals surface area contributed by atoms with Gasteiger partial charge in [0.1, 0.15) is 0 Å². The lowest BCUT2D eigenvalue weighted by molar-refractivity contribution is -0.123. The third-order valence-electron chi connectivity index (χ3n) is 4.51. The van der Waals surface area contributed by atoms with Crippen molar-refractivity contribution >= 4 is 22.2 Å². The Morgan fingerprint density at radius 3 is 3.04 bits per heavy atom. The number of amides is 1. The molecule has 1 aromatic carbocycles. The molecule has 3 heterocycles. The molecular weight excluding hydrogens is 320 g/mol. The molecule has 2 aromatic heterocycles. The van der Waals surface area contributed by atoms with Crippen LogP contribution < -0.4 is 5.32 Å². The lowest BCUT2D eigenvalue weighted by atomic mass is 10.00. The minimum atomic E-state index is -0.0818. The maximum Gasteiger partial charge on any atom is 0.234 e. The van der Waals surface area contributed by atoms with E-state index in [2.05, 4.69) is 39.5 Å². The highest BCUT2D eigenvalue weighted by Gasteiger charge is 2.20. The van der Waals surface area contributed by atoms with Gasteiger partial charge in [0.15, 0.2) is 4.96 Å². The van der Waals surface area contributed by atoms with Crippen molar-refractivity contribution < 1.29 is 4.79 Å². The first-order valence-electron chi connectivity index (χ1n) is 8.19. The topological polar surface area (TPSA) is 49.6 Å². The molecule has 0 saturated heterocycles. The smallest absolute Gasteiger partial charge is 0.234 e. The highest BCUT2D eigenvalue weighted by atomic mass is 32.1. The molecule has 124 valence electrons. The molecule has 1 atom stereocenters. The number of fused-ring (bicyclic) bond motifs is 2. The number of hydrogen-bond donors (Lipinski definition) is 1. The summed E-state index contributed by atoms with van der Waals surface area (Å²) in [7, 11) is 0. The van der Waals surface area contributed by atoms with E-state index in [0.29, 0.717) is 6.54 Å². The Morgan fingerprint density at radius 1 is 1.38 bits per heavy atom. The molecule has 0 bridgehead atoms. The van der Waals surface area contributed by atoms with Gasteiger partial charge in [0.05, 0.1) is 18.3 Å². The fourth-order valence-electron chi connectivity index (χ4n) is 3.21. The van der Waals surface area contributed by atoms with E-state index in [1.807, 2.05) is 29.1 Å². The summed E-state index contributed by atoms with van der Waals surface area (Å²) in [6.45, 7) is 4.19. The Balaban J connectivity index is 1.36. The van der Waals surface area contributed by atoms with Gasteiger partial charge in [0, 0.05) is 30.9 Å². The Hall–Kier alpha value is -2.18. The average Bonchev–Trinajstić information content (AvgIpc) is 3.16. The van der Waals surface area contributed by atoms with Crippen LogP contribution in [0.2, 0.25) is 0 Å². The van der Waals surface area contributed by atoms with Crippen LogP contribution in [0.4, 0.5) is 0 Å². The highest BCUT2D eigenvalue weighted by molar-refractivity contribution is 7.15. The van der Waals surface area contributed by atoms with E-state index in [4.69, 9.17) is 0 Å². The van der Waals surface area contributed by atoms with Crippen LogP contribution in [0.5, 0.6) is 0 Å². The maximum atomic E-state index is 12.4. The highest BCUT2D eigenvalue weighted by Crippen LogP contribution is 2.19. The fourth-order valence-corrected chi connectivity index (χ4v) is 3.91. The Bertz CT molecular complexity index is 840.